The lowest BCUT2D eigenvalue weighted by atomic mass is 10.1. The molecule has 0 saturated carbocycles. The first-order valence-electron chi connectivity index (χ1n) is 7.29. The van der Waals surface area contributed by atoms with Crippen molar-refractivity contribution < 1.29 is 34.3 Å². The summed E-state index contributed by atoms with van der Waals surface area (Å²) in [5.74, 6) is 1.79. The van der Waals surface area contributed by atoms with Gasteiger partial charge >= 0.3 is 0 Å². The Hall–Kier alpha value is -1.04. The van der Waals surface area contributed by atoms with Crippen molar-refractivity contribution in [3.63, 3.8) is 0 Å². The van der Waals surface area contributed by atoms with Crippen LogP contribution >= 0.6 is 0 Å². The van der Waals surface area contributed by atoms with Crippen molar-refractivity contribution in [1.82, 2.24) is 10.2 Å². The number of nitrogens with zero attached hydrogens (tertiary/aromatic N) is 1. The van der Waals surface area contributed by atoms with Gasteiger partial charge in [-0.05, 0) is 38.7 Å². The van der Waals surface area contributed by atoms with Crippen LogP contribution in [0.3, 0.4) is 0 Å². The molecule has 0 aliphatic heterocycles. The summed E-state index contributed by atoms with van der Waals surface area (Å²) in [7, 11) is 4.12. The monoisotopic (exact) mass is 358 g/mol. The largest absolute Gasteiger partial charge is 1.00 e. The molecule has 0 fully saturated rings. The van der Waals surface area contributed by atoms with Crippen molar-refractivity contribution in [1.29, 1.82) is 0 Å². The highest BCUT2D eigenvalue weighted by atomic mass is 35.5. The van der Waals surface area contributed by atoms with E-state index in [1.165, 1.54) is 0 Å². The lowest BCUT2D eigenvalue weighted by Gasteiger charge is -2.09. The third kappa shape index (κ3) is 6.94. The average molecular weight is 359 g/mol. The zero-order valence-electron chi connectivity index (χ0n) is 13.7. The first kappa shape index (κ1) is 22.0. The van der Waals surface area contributed by atoms with Crippen LogP contribution in [0.1, 0.15) is 24.4 Å². The van der Waals surface area contributed by atoms with Crippen LogP contribution in [0.15, 0.2) is 40.8 Å². The van der Waals surface area contributed by atoms with Crippen molar-refractivity contribution in [2.45, 2.75) is 19.6 Å². The van der Waals surface area contributed by atoms with Crippen molar-refractivity contribution in [2.75, 3.05) is 27.2 Å². The minimum atomic E-state index is -0.438. The predicted octanol–water partition coefficient (Wildman–Crippen LogP) is -3.34. The number of hydrogen-bond donors (Lipinski definition) is 2. The van der Waals surface area contributed by atoms with E-state index in [1.807, 2.05) is 36.4 Å². The number of aliphatic hydroxyl groups is 1. The summed E-state index contributed by atoms with van der Waals surface area (Å²) in [6.07, 6.45) is -0.438. The minimum Gasteiger partial charge on any atom is -1.00 e. The van der Waals surface area contributed by atoms with E-state index >= 15 is 0 Å². The zero-order chi connectivity index (χ0) is 15.2. The van der Waals surface area contributed by atoms with E-state index in [1.54, 1.807) is 6.92 Å². The van der Waals surface area contributed by atoms with Crippen LogP contribution in [-0.2, 0) is 6.54 Å². The van der Waals surface area contributed by atoms with Gasteiger partial charge in [0.1, 0.15) is 11.5 Å². The minimum absolute atomic E-state index is 0. The second kappa shape index (κ2) is 10.7. The third-order valence-electron chi connectivity index (χ3n) is 3.37. The molecular formula is C17H24Cl2N2O2-2. The lowest BCUT2D eigenvalue weighted by Crippen LogP contribution is -3.00. The van der Waals surface area contributed by atoms with E-state index < -0.39 is 6.10 Å². The Labute approximate surface area is 150 Å². The summed E-state index contributed by atoms with van der Waals surface area (Å²) in [5, 5.41) is 12.9. The van der Waals surface area contributed by atoms with Gasteiger partial charge in [-0.25, -0.2) is 0 Å². The zero-order valence-corrected chi connectivity index (χ0v) is 15.2. The number of nitrogens with one attached hydrogen (secondary N) is 1. The molecule has 0 radical (unpaired) electrons. The summed E-state index contributed by atoms with van der Waals surface area (Å²) in [6.45, 7) is 4.44. The Morgan fingerprint density at radius 2 is 1.74 bits per heavy atom. The highest BCUT2D eigenvalue weighted by molar-refractivity contribution is 5.58. The van der Waals surface area contributed by atoms with Gasteiger partial charge in [-0.3, -0.25) is 0 Å². The summed E-state index contributed by atoms with van der Waals surface area (Å²) >= 11 is 0. The molecule has 4 nitrogen and oxygen atoms in total. The first-order chi connectivity index (χ1) is 10.1. The Balaban J connectivity index is 0.00000242. The fourth-order valence-electron chi connectivity index (χ4n) is 2.07. The van der Waals surface area contributed by atoms with Crippen molar-refractivity contribution in [3.05, 3.63) is 47.7 Å². The number of aliphatic hydroxyl groups excluding tert-OH is 1. The fraction of sp³-hybridized carbons (Fsp3) is 0.412. The standard InChI is InChI=1S/C17H24N2O2.2ClH/c1-13(20)14-4-6-15(7-5-14)17-9-8-16(21-17)12-18-10-11-19(2)3;;/h4-9,13,18,20H,10-12H2,1-3H3;2*1H/p-2. The van der Waals surface area contributed by atoms with Crippen LogP contribution < -0.4 is 30.1 Å². The molecule has 2 N–H and O–H groups in total. The summed E-state index contributed by atoms with van der Waals surface area (Å²) in [6, 6.07) is 11.8. The van der Waals surface area contributed by atoms with Crippen LogP contribution in [0.2, 0.25) is 0 Å². The van der Waals surface area contributed by atoms with Crippen molar-refractivity contribution >= 4 is 0 Å². The molecule has 1 atom stereocenters. The Morgan fingerprint density at radius 1 is 1.09 bits per heavy atom. The smallest absolute Gasteiger partial charge is 0.134 e. The van der Waals surface area contributed by atoms with Gasteiger partial charge < -0.3 is 44.6 Å². The van der Waals surface area contributed by atoms with Crippen LogP contribution in [0.25, 0.3) is 11.3 Å². The normalized spacial score (nSPS) is 11.7. The van der Waals surface area contributed by atoms with Gasteiger partial charge in [0.2, 0.25) is 0 Å². The first-order valence-corrected chi connectivity index (χ1v) is 7.29. The molecule has 2 aromatic rings. The number of benzene rings is 1. The second-order valence-electron chi connectivity index (χ2n) is 5.54. The number of likely N-dealkylation sites (N-methyl/N-ethyl adjacent to an activating group) is 1. The number of hydrogen-bond acceptors (Lipinski definition) is 4. The molecule has 1 aromatic carbocycles. The molecule has 0 spiro atoms. The van der Waals surface area contributed by atoms with E-state index in [-0.39, 0.29) is 24.8 Å². The fourth-order valence-corrected chi connectivity index (χ4v) is 2.07. The van der Waals surface area contributed by atoms with Gasteiger partial charge in [-0.15, -0.1) is 0 Å². The Bertz CT molecular complexity index is 554. The number of halogens is 2. The number of furan rings is 1. The molecule has 0 aliphatic carbocycles. The predicted molar refractivity (Wildman–Crippen MR) is 85.0 cm³/mol. The van der Waals surface area contributed by atoms with E-state index in [0.29, 0.717) is 0 Å². The van der Waals surface area contributed by atoms with Gasteiger partial charge in [0.15, 0.2) is 0 Å². The van der Waals surface area contributed by atoms with Crippen molar-refractivity contribution in [2.24, 2.45) is 0 Å². The summed E-state index contributed by atoms with van der Waals surface area (Å²) in [4.78, 5) is 2.14. The van der Waals surface area contributed by atoms with Crippen LogP contribution in [0.4, 0.5) is 0 Å². The average Bonchev–Trinajstić information content (AvgIpc) is 2.92. The van der Waals surface area contributed by atoms with Gasteiger partial charge in [-0.2, -0.15) is 0 Å². The SMILES string of the molecule is CC(O)c1ccc(-c2ccc(CNCCN(C)C)o2)cc1.[Cl-].[Cl-]. The number of rotatable bonds is 7. The highest BCUT2D eigenvalue weighted by Gasteiger charge is 2.06. The lowest BCUT2D eigenvalue weighted by molar-refractivity contribution is -0.00100. The van der Waals surface area contributed by atoms with Crippen LogP contribution in [0.5, 0.6) is 0 Å². The molecule has 1 heterocycles. The van der Waals surface area contributed by atoms with Crippen molar-refractivity contribution in [3.8, 4) is 11.3 Å². The molecule has 0 amide bonds. The van der Waals surface area contributed by atoms with Gasteiger partial charge in [-0.1, -0.05) is 24.3 Å². The molecular weight excluding hydrogens is 335 g/mol. The third-order valence-corrected chi connectivity index (χ3v) is 3.37. The van der Waals surface area contributed by atoms with E-state index in [9.17, 15) is 5.11 Å². The van der Waals surface area contributed by atoms with E-state index in [4.69, 9.17) is 4.42 Å². The molecule has 1 unspecified atom stereocenters. The maximum atomic E-state index is 9.51. The van der Waals surface area contributed by atoms with Gasteiger partial charge in [0.05, 0.1) is 12.6 Å². The second-order valence-corrected chi connectivity index (χ2v) is 5.54. The van der Waals surface area contributed by atoms with Crippen LogP contribution in [-0.4, -0.2) is 37.2 Å². The summed E-state index contributed by atoms with van der Waals surface area (Å²) in [5.41, 5.74) is 1.94. The quantitative estimate of drug-likeness (QED) is 0.508. The molecule has 1 aromatic heterocycles. The molecule has 6 heteroatoms. The van der Waals surface area contributed by atoms with Gasteiger partial charge in [0.25, 0.3) is 0 Å². The van der Waals surface area contributed by atoms with Crippen LogP contribution in [0, 0.1) is 0 Å². The topological polar surface area (TPSA) is 48.6 Å². The molecule has 2 rings (SSSR count). The Kier molecular flexibility index (Phi) is 10.2. The maximum Gasteiger partial charge on any atom is 0.134 e. The maximum absolute atomic E-state index is 9.51. The molecule has 0 aliphatic rings. The van der Waals surface area contributed by atoms with Gasteiger partial charge in [0, 0.05) is 18.7 Å². The molecule has 0 saturated heterocycles. The molecule has 23 heavy (non-hydrogen) atoms. The van der Waals surface area contributed by atoms with E-state index in [0.717, 1.165) is 42.3 Å². The molecule has 130 valence electrons. The molecule has 0 bridgehead atoms. The Morgan fingerprint density at radius 3 is 2.30 bits per heavy atom. The summed E-state index contributed by atoms with van der Waals surface area (Å²) < 4.78 is 5.84. The van der Waals surface area contributed by atoms with E-state index in [2.05, 4.69) is 24.3 Å². The highest BCUT2D eigenvalue weighted by Crippen LogP contribution is 2.24.